The largest absolute Gasteiger partial charge is 0.512 e. The monoisotopic (exact) mass is 1570 g/mol. The van der Waals surface area contributed by atoms with Crippen LogP contribution < -0.4 is 73.5 Å². The maximum Gasteiger partial charge on any atom is 0.247 e. The van der Waals surface area contributed by atoms with Gasteiger partial charge in [0.1, 0.15) is 66.8 Å². The molecule has 0 radical (unpaired) electrons. The number of halogens is 1. The molecule has 14 aliphatic rings. The molecule has 5 fully saturated rings. The van der Waals surface area contributed by atoms with Crippen LogP contribution in [0.1, 0.15) is 168 Å². The fourth-order valence-corrected chi connectivity index (χ4v) is 20.4. The van der Waals surface area contributed by atoms with Gasteiger partial charge in [-0.1, -0.05) is 89.6 Å². The van der Waals surface area contributed by atoms with Crippen molar-refractivity contribution in [3.05, 3.63) is 63.9 Å². The van der Waals surface area contributed by atoms with Gasteiger partial charge < -0.3 is 114 Å². The Kier molecular flexibility index (Phi) is 27.2. The highest BCUT2D eigenvalue weighted by molar-refractivity contribution is 6.30. The number of nitrogens with one attached hydrogen (secondary N) is 9. The fourth-order valence-electron chi connectivity index (χ4n) is 20.0. The Morgan fingerprint density at radius 3 is 2.05 bits per heavy atom. The van der Waals surface area contributed by atoms with Crippen molar-refractivity contribution in [1.29, 1.82) is 0 Å². The first kappa shape index (κ1) is 83.5. The highest BCUT2D eigenvalue weighted by Gasteiger charge is 2.55. The summed E-state index contributed by atoms with van der Waals surface area (Å²) in [4.78, 5) is 122. The summed E-state index contributed by atoms with van der Waals surface area (Å²) in [6, 6.07) is -9.85. The molecule has 614 valence electrons. The first-order valence-electron chi connectivity index (χ1n) is 40.6. The molecule has 1 aromatic rings. The Bertz CT molecular complexity index is 3680. The summed E-state index contributed by atoms with van der Waals surface area (Å²) in [5.41, 5.74) is 12.2. The Balaban J connectivity index is 1.01. The number of carbonyl (C=O) groups excluding carboxylic acids is 8. The quantitative estimate of drug-likeness (QED) is 0.0603. The van der Waals surface area contributed by atoms with E-state index in [9.17, 15) is 50.4 Å². The molecule has 111 heavy (non-hydrogen) atoms. The first-order chi connectivity index (χ1) is 53.0. The van der Waals surface area contributed by atoms with E-state index in [0.29, 0.717) is 24.8 Å². The second-order valence-electron chi connectivity index (χ2n) is 34.2. The Morgan fingerprint density at radius 1 is 0.703 bits per heavy atom. The minimum atomic E-state index is -2.10. The van der Waals surface area contributed by atoms with Crippen LogP contribution in [0.4, 0.5) is 0 Å². The Labute approximate surface area is 653 Å². The van der Waals surface area contributed by atoms with Crippen molar-refractivity contribution < 1.29 is 93.4 Å². The average molecular weight is 1570 g/mol. The number of hydrogen-bond donors (Lipinski definition) is 19. The maximum absolute atomic E-state index is 16.4. The number of nitrogens with two attached hydrogens (primary N) is 2. The van der Waals surface area contributed by atoms with Crippen molar-refractivity contribution in [3.8, 4) is 17.2 Å². The van der Waals surface area contributed by atoms with E-state index in [1.807, 2.05) is 13.8 Å². The number of carbonyl (C=O) groups is 8. The summed E-state index contributed by atoms with van der Waals surface area (Å²) in [6.45, 7) is 8.08. The maximum atomic E-state index is 16.4. The van der Waals surface area contributed by atoms with Gasteiger partial charge >= 0.3 is 0 Å². The summed E-state index contributed by atoms with van der Waals surface area (Å²) in [5, 5.41) is 124. The smallest absolute Gasteiger partial charge is 0.247 e. The molecule has 24 atom stereocenters. The van der Waals surface area contributed by atoms with Gasteiger partial charge in [-0.05, 0) is 168 Å². The molecule has 1 aromatic carbocycles. The molecule has 5 saturated carbocycles. The molecule has 0 aromatic heterocycles. The van der Waals surface area contributed by atoms with E-state index in [-0.39, 0.29) is 127 Å². The lowest BCUT2D eigenvalue weighted by Gasteiger charge is -2.54. The van der Waals surface area contributed by atoms with E-state index < -0.39 is 198 Å². The number of hydrogen-bond acceptors (Lipinski definition) is 22. The zero-order valence-corrected chi connectivity index (χ0v) is 64.9. The minimum absolute atomic E-state index is 0.00236. The van der Waals surface area contributed by atoms with Crippen molar-refractivity contribution >= 4 is 58.9 Å². The van der Waals surface area contributed by atoms with Crippen LogP contribution in [0.5, 0.6) is 17.2 Å². The molecule has 9 aliphatic carbocycles. The van der Waals surface area contributed by atoms with E-state index >= 15 is 28.8 Å². The van der Waals surface area contributed by atoms with Gasteiger partial charge in [-0.2, -0.15) is 0 Å². The van der Waals surface area contributed by atoms with E-state index in [2.05, 4.69) is 54.8 Å². The van der Waals surface area contributed by atoms with Crippen molar-refractivity contribution in [2.45, 2.75) is 265 Å². The van der Waals surface area contributed by atoms with Crippen molar-refractivity contribution in [2.24, 2.45) is 82.5 Å². The van der Waals surface area contributed by atoms with E-state index in [4.69, 9.17) is 37.3 Å². The van der Waals surface area contributed by atoms with Gasteiger partial charge in [0, 0.05) is 60.1 Å². The third-order valence-corrected chi connectivity index (χ3v) is 26.3. The second kappa shape index (κ2) is 36.2. The highest BCUT2D eigenvalue weighted by atomic mass is 35.5. The third kappa shape index (κ3) is 18.6. The lowest BCUT2D eigenvalue weighted by atomic mass is 9.54. The SMILES string of the molecule is CCCCCCCCNCC1=C(O)CC2C(C3=C[C@H](CC[C@H]3O)[C@H]3NC(=O)[C@@H]4NC(=O)[C@H](CC(N)=O)NC(=O)[C@H](NC(=O)[C@@H](CC(C)C)NC)[C@H](O)[C@H]5C=C[C@@H](Oc6cc4cc(c6O[C@@H]4C[C@H](CN)[C@@H](O)[C@H](O)[C@H]4O)O[C@@H]4CC[C@@H](C=C4Cl)[C@@H](O)[C@H](NC3=O)C(=O)N[C@@H]2C(=O)NC2C3CC4CC(C3)CC2C4)[C@H](C)C5)[C@H]1O. The second-order valence-corrected chi connectivity index (χ2v) is 34.6. The molecule has 8 amide bonds. The van der Waals surface area contributed by atoms with Gasteiger partial charge in [-0.25, -0.2) is 0 Å². The van der Waals surface area contributed by atoms with Crippen LogP contribution in [0.25, 0.3) is 0 Å². The number of amides is 8. The number of likely N-dealkylation sites (N-methyl/N-ethyl adjacent to an activating group) is 1. The van der Waals surface area contributed by atoms with Crippen molar-refractivity contribution in [1.82, 2.24) is 47.9 Å². The number of fused-ring (bicyclic) bond motifs is 12. The Morgan fingerprint density at radius 2 is 1.38 bits per heavy atom. The van der Waals surface area contributed by atoms with Crippen LogP contribution in [-0.4, -0.2) is 218 Å². The zero-order valence-electron chi connectivity index (χ0n) is 64.1. The predicted molar refractivity (Wildman–Crippen MR) is 406 cm³/mol. The summed E-state index contributed by atoms with van der Waals surface area (Å²) in [6.07, 6.45) is 0.632. The number of ether oxygens (including phenoxy) is 3. The molecule has 5 aliphatic heterocycles. The minimum Gasteiger partial charge on any atom is -0.512 e. The topological polar surface area (TPSA) is 486 Å². The van der Waals surface area contributed by atoms with E-state index in [1.54, 1.807) is 32.2 Å². The van der Waals surface area contributed by atoms with Gasteiger partial charge in [0.25, 0.3) is 0 Å². The average Bonchev–Trinajstić information content (AvgIpc) is 0.754. The molecule has 30 nitrogen and oxygen atoms in total. The normalized spacial score (nSPS) is 38.5. The molecule has 31 heteroatoms. The number of rotatable bonds is 21. The standard InChI is InChI=1S/C80H118ClN11O19/c1-6-7-8-9-10-11-18-85-34-48-53(94)31-47-60(70(48)99)46-26-39(12-15-52(46)93)62-76(104)92-66(80(108)90-64(47)78(106)87-61-42-22-37-21-38(24-42)25-43(61)23-37)68(97)41-14-17-55(49(81)27-41)110-58-29-44-28-57(73(58)111-56-30-45(33-82)69(98)72(101)71(56)100)109-54-16-13-40(20-36(54)4)67(96)65(91-74(102)50(84-5)19-35(2)3)79(107)86-51(32-59(83)95)75(103)88-63(44)77(105)89-62/h13,16,26-29,35-43,45,47,50-52,54-56,60-72,84-85,93-94,96-101H,6-12,14-15,17-25,30-34,82H2,1-5H3,(H2,83,95)(H,86,107)(H,87,106)(H,88,103)(H,89,105)(H,90,108)(H,91,102)(H,92,104)/t36-,37?,38?,39+,40+,41+,42?,43?,45-,47?,50-,51+,52-,54-,55-,56-,60?,61?,62-,63-,64+,65-,66+,67-,68-,69-,70+,71+,72+/m1/s1. The van der Waals surface area contributed by atoms with Crippen LogP contribution in [0, 0.1) is 71.0 Å². The van der Waals surface area contributed by atoms with Gasteiger partial charge in [0.15, 0.2) is 11.5 Å². The molecule has 2 unspecified atom stereocenters. The number of unbranched alkanes of at least 4 members (excludes halogenated alkanes) is 5. The number of aliphatic hydroxyl groups excluding tert-OH is 8. The van der Waals surface area contributed by atoms with Crippen LogP contribution in [0.15, 0.2) is 58.4 Å². The molecular weight excluding hydrogens is 1450 g/mol. The molecule has 5 heterocycles. The van der Waals surface area contributed by atoms with Gasteiger partial charge in [0.05, 0.1) is 53.8 Å². The number of allylic oxidation sites excluding steroid dienone is 1. The van der Waals surface area contributed by atoms with Gasteiger partial charge in [-0.15, -0.1) is 0 Å². The fraction of sp³-hybridized carbons (Fsp3) is 0.725. The van der Waals surface area contributed by atoms with E-state index in [0.717, 1.165) is 70.6 Å². The molecule has 15 rings (SSSR count). The lowest BCUT2D eigenvalue weighted by molar-refractivity contribution is -0.149. The third-order valence-electron chi connectivity index (χ3n) is 25.9. The summed E-state index contributed by atoms with van der Waals surface area (Å²) in [5.74, 6) is -14.9. The molecule has 0 saturated heterocycles. The Hall–Kier alpha value is -6.97. The number of primary amides is 1. The molecular formula is C80H118ClN11O19. The number of benzene rings is 1. The molecule has 0 spiro atoms. The van der Waals surface area contributed by atoms with Crippen molar-refractivity contribution in [2.75, 3.05) is 26.7 Å². The summed E-state index contributed by atoms with van der Waals surface area (Å²) in [7, 11) is 1.55. The van der Waals surface area contributed by atoms with Crippen LogP contribution in [-0.2, 0) is 38.4 Å². The van der Waals surface area contributed by atoms with Gasteiger partial charge in [-0.3, -0.25) is 38.4 Å². The summed E-state index contributed by atoms with van der Waals surface area (Å²) < 4.78 is 20.7. The first-order valence-corrected chi connectivity index (χ1v) is 41.0. The zero-order chi connectivity index (χ0) is 79.5. The molecule has 21 N–H and O–H groups in total. The van der Waals surface area contributed by atoms with E-state index in [1.165, 1.54) is 18.2 Å². The highest BCUT2D eigenvalue weighted by Crippen LogP contribution is 2.55. The van der Waals surface area contributed by atoms with Crippen LogP contribution >= 0.6 is 11.6 Å². The van der Waals surface area contributed by atoms with Gasteiger partial charge in [0.2, 0.25) is 53.0 Å². The number of aliphatic hydroxyl groups is 8. The predicted octanol–water partition coefficient (Wildman–Crippen LogP) is 0.986. The van der Waals surface area contributed by atoms with Crippen molar-refractivity contribution in [3.63, 3.8) is 0 Å². The molecule has 15 bridgehead atoms. The summed E-state index contributed by atoms with van der Waals surface area (Å²) >= 11 is 7.36. The lowest BCUT2D eigenvalue weighted by Crippen LogP contribution is -2.66. The van der Waals surface area contributed by atoms with Crippen LogP contribution in [0.3, 0.4) is 0 Å². The van der Waals surface area contributed by atoms with Crippen LogP contribution in [0.2, 0.25) is 0 Å².